The van der Waals surface area contributed by atoms with Crippen molar-refractivity contribution in [3.8, 4) is 0 Å². The number of rotatable bonds is 2. The van der Waals surface area contributed by atoms with E-state index in [1.165, 1.54) is 0 Å². The Morgan fingerprint density at radius 1 is 0.619 bits per heavy atom. The first-order valence-corrected chi connectivity index (χ1v) is 17.0. The highest BCUT2D eigenvalue weighted by molar-refractivity contribution is 7.45. The summed E-state index contributed by atoms with van der Waals surface area (Å²) >= 11 is 2.18. The third-order valence-electron chi connectivity index (χ3n) is 6.37. The molecule has 20 heteroatoms. The number of hydrogen-bond donors (Lipinski definition) is 6. The lowest BCUT2D eigenvalue weighted by Gasteiger charge is -2.32. The monoisotopic (exact) mass is 668 g/mol. The Labute approximate surface area is 247 Å². The molecule has 0 aromatic carbocycles. The number of nitrogens with zero attached hydrogens (tertiary/aromatic N) is 4. The molecule has 3 aliphatic rings. The molecule has 2 aliphatic heterocycles. The topological polar surface area (TPSA) is 237 Å². The third-order valence-corrected chi connectivity index (χ3v) is 8.61. The summed E-state index contributed by atoms with van der Waals surface area (Å²) < 4.78 is 17.8. The van der Waals surface area contributed by atoms with E-state index < -0.39 is 15.6 Å². The van der Waals surface area contributed by atoms with Gasteiger partial charge in [-0.25, -0.2) is 9.13 Å². The van der Waals surface area contributed by atoms with Gasteiger partial charge in [0, 0.05) is 63.5 Å². The lowest BCUT2D eigenvalue weighted by atomic mass is 9.95. The van der Waals surface area contributed by atoms with E-state index in [-0.39, 0.29) is 34.5 Å². The van der Waals surface area contributed by atoms with Crippen LogP contribution in [0.25, 0.3) is 0 Å². The summed E-state index contributed by atoms with van der Waals surface area (Å²) in [5.74, 6) is -0.809. The van der Waals surface area contributed by atoms with Crippen LogP contribution in [0, 0.1) is 0 Å². The number of fused-ring (bicyclic) bond motifs is 2. The highest BCUT2D eigenvalue weighted by Crippen LogP contribution is 2.38. The maximum Gasteiger partial charge on any atom is 0.466 e. The molecule has 0 unspecified atom stereocenters. The van der Waals surface area contributed by atoms with E-state index in [1.807, 2.05) is 14.1 Å². The molecular formula is C22H30N4O12P2S2. The lowest BCUT2D eigenvalue weighted by molar-refractivity contribution is 0.0662. The minimum Gasteiger partial charge on any atom is -0.335 e. The summed E-state index contributed by atoms with van der Waals surface area (Å²) in [5.41, 5.74) is 0.558. The summed E-state index contributed by atoms with van der Waals surface area (Å²) in [4.78, 5) is 105. The molecule has 0 bridgehead atoms. The third kappa shape index (κ3) is 9.41. The van der Waals surface area contributed by atoms with E-state index in [4.69, 9.17) is 38.5 Å². The molecule has 2 amide bonds. The first-order valence-electron chi connectivity index (χ1n) is 12.2. The van der Waals surface area contributed by atoms with Gasteiger partial charge in [-0.3, -0.25) is 19.2 Å². The molecule has 0 atom stereocenters. The first-order chi connectivity index (χ1) is 19.3. The Morgan fingerprint density at radius 3 is 1.19 bits per heavy atom. The summed E-state index contributed by atoms with van der Waals surface area (Å²) in [6.45, 7) is 5.73. The van der Waals surface area contributed by atoms with Crippen molar-refractivity contribution in [3.05, 3.63) is 42.8 Å². The van der Waals surface area contributed by atoms with Crippen molar-refractivity contribution < 1.29 is 57.7 Å². The predicted molar refractivity (Wildman–Crippen MR) is 151 cm³/mol. The molecule has 0 radical (unpaired) electrons. The van der Waals surface area contributed by atoms with Gasteiger partial charge in [0.05, 0.1) is 19.5 Å². The molecule has 2 saturated heterocycles. The zero-order valence-corrected chi connectivity index (χ0v) is 25.9. The second kappa shape index (κ2) is 13.6. The quantitative estimate of drug-likeness (QED) is 0.189. The molecule has 2 fully saturated rings. The highest BCUT2D eigenvalue weighted by atomic mass is 32.1. The highest BCUT2D eigenvalue weighted by Gasteiger charge is 2.37. The molecule has 232 valence electrons. The second-order valence-electron chi connectivity index (χ2n) is 9.58. The van der Waals surface area contributed by atoms with Gasteiger partial charge >= 0.3 is 15.6 Å². The van der Waals surface area contributed by atoms with Crippen molar-refractivity contribution >= 4 is 61.7 Å². The van der Waals surface area contributed by atoms with Crippen LogP contribution in [0.3, 0.4) is 0 Å². The van der Waals surface area contributed by atoms with Gasteiger partial charge in [-0.1, -0.05) is 0 Å². The van der Waals surface area contributed by atoms with E-state index in [2.05, 4.69) is 9.80 Å². The number of carbonyl (C=O) groups excluding carboxylic acids is 4. The number of phosphoric acid groups is 2. The average Bonchev–Trinajstić information content (AvgIpc) is 3.52. The van der Waals surface area contributed by atoms with E-state index in [0.717, 1.165) is 48.9 Å². The van der Waals surface area contributed by atoms with Crippen molar-refractivity contribution in [1.82, 2.24) is 19.6 Å². The maximum absolute atomic E-state index is 13.2. The molecule has 2 aromatic heterocycles. The Balaban J connectivity index is 0.000000420. The van der Waals surface area contributed by atoms with Gasteiger partial charge in [-0.05, 0) is 26.2 Å². The van der Waals surface area contributed by atoms with E-state index in [1.54, 1.807) is 21.9 Å². The maximum atomic E-state index is 13.2. The largest absolute Gasteiger partial charge is 0.466 e. The lowest BCUT2D eigenvalue weighted by Crippen LogP contribution is -2.46. The van der Waals surface area contributed by atoms with Gasteiger partial charge in [-0.15, -0.1) is 22.7 Å². The first kappa shape index (κ1) is 34.3. The van der Waals surface area contributed by atoms with Crippen LogP contribution < -0.4 is 0 Å². The fourth-order valence-corrected chi connectivity index (χ4v) is 6.45. The van der Waals surface area contributed by atoms with Crippen LogP contribution >= 0.6 is 38.3 Å². The van der Waals surface area contributed by atoms with Crippen molar-refractivity contribution in [2.24, 2.45) is 0 Å². The molecule has 16 nitrogen and oxygen atoms in total. The van der Waals surface area contributed by atoms with Gasteiger partial charge in [0.2, 0.25) is 5.78 Å². The molecule has 6 N–H and O–H groups in total. The predicted octanol–water partition coefficient (Wildman–Crippen LogP) is -0.497. The number of ketones is 2. The van der Waals surface area contributed by atoms with Gasteiger partial charge < -0.3 is 49.0 Å². The molecule has 0 saturated carbocycles. The van der Waals surface area contributed by atoms with Crippen LogP contribution in [0.15, 0.2) is 12.1 Å². The summed E-state index contributed by atoms with van der Waals surface area (Å²) in [5, 5.41) is 0. The molecule has 42 heavy (non-hydrogen) atoms. The van der Waals surface area contributed by atoms with Gasteiger partial charge in [0.1, 0.15) is 0 Å². The Kier molecular flexibility index (Phi) is 11.1. The van der Waals surface area contributed by atoms with Crippen molar-refractivity contribution in [1.29, 1.82) is 0 Å². The minimum atomic E-state index is -4.64. The van der Waals surface area contributed by atoms with E-state index in [9.17, 15) is 19.2 Å². The van der Waals surface area contributed by atoms with E-state index in [0.29, 0.717) is 45.7 Å². The Hall–Kier alpha value is -2.18. The number of amides is 2. The number of piperazine rings is 2. The van der Waals surface area contributed by atoms with Crippen molar-refractivity contribution in [2.75, 3.05) is 66.5 Å². The zero-order valence-electron chi connectivity index (χ0n) is 22.4. The molecule has 4 heterocycles. The van der Waals surface area contributed by atoms with Crippen LogP contribution in [-0.2, 0) is 9.13 Å². The SMILES string of the molecule is CN1CCN(C(=O)c2cc3c(s2)C(=O)c2sc(C(=O)N4CCN(C)CC4)cc2C3=O)CC1.O=P(O)(O)O.O=P(O)(O)O. The molecule has 5 rings (SSSR count). The molecule has 1 aliphatic carbocycles. The van der Waals surface area contributed by atoms with Crippen LogP contribution in [0.5, 0.6) is 0 Å². The molecule has 2 aromatic rings. The fourth-order valence-electron chi connectivity index (χ4n) is 4.25. The Morgan fingerprint density at radius 2 is 0.905 bits per heavy atom. The standard InChI is InChI=1S/C22H24N4O4S2.2H3O4P/c1-23-3-7-25(8-4-23)21(29)15-11-13-17(27)14-12-16(32-20(14)18(28)19(13)31-15)22(30)26-9-5-24(2)6-10-26;2*1-5(2,3)4/h11-12H,3-10H2,1-2H3;2*(H3,1,2,3,4). The van der Waals surface area contributed by atoms with E-state index >= 15 is 0 Å². The Bertz CT molecular complexity index is 1280. The van der Waals surface area contributed by atoms with Crippen LogP contribution in [-0.4, -0.2) is 139 Å². The molecular weight excluding hydrogens is 638 g/mol. The van der Waals surface area contributed by atoms with Crippen molar-refractivity contribution in [2.45, 2.75) is 0 Å². The average molecular weight is 669 g/mol. The summed E-state index contributed by atoms with van der Waals surface area (Å²) in [6, 6.07) is 3.12. The number of likely N-dealkylation sites (N-methyl/N-ethyl adjacent to an activating group) is 2. The smallest absolute Gasteiger partial charge is 0.335 e. The summed E-state index contributed by atoms with van der Waals surface area (Å²) in [7, 11) is -5.24. The zero-order chi connectivity index (χ0) is 31.6. The van der Waals surface area contributed by atoms with Gasteiger partial charge in [0.15, 0.2) is 5.78 Å². The van der Waals surface area contributed by atoms with Crippen LogP contribution in [0.2, 0.25) is 0 Å². The van der Waals surface area contributed by atoms with Crippen LogP contribution in [0.4, 0.5) is 0 Å². The second-order valence-corrected chi connectivity index (χ2v) is 13.7. The van der Waals surface area contributed by atoms with Crippen molar-refractivity contribution in [3.63, 3.8) is 0 Å². The number of carbonyl (C=O) groups is 4. The van der Waals surface area contributed by atoms with Gasteiger partial charge in [0.25, 0.3) is 11.8 Å². The molecule has 0 spiro atoms. The summed E-state index contributed by atoms with van der Waals surface area (Å²) in [6.07, 6.45) is 0. The normalized spacial score (nSPS) is 17.9. The fraction of sp³-hybridized carbons (Fsp3) is 0.455. The number of thiophene rings is 2. The van der Waals surface area contributed by atoms with Gasteiger partial charge in [-0.2, -0.15) is 0 Å². The minimum absolute atomic E-state index is 0.132. The number of hydrogen-bond acceptors (Lipinski definition) is 10. The van der Waals surface area contributed by atoms with Crippen LogP contribution in [0.1, 0.15) is 49.8 Å².